The van der Waals surface area contributed by atoms with E-state index in [1.54, 1.807) is 36.3 Å². The predicted molar refractivity (Wildman–Crippen MR) is 183 cm³/mol. The largest absolute Gasteiger partial charge is 0.493 e. The Balaban J connectivity index is 1.23. The number of hydrogen-bond donors (Lipinski definition) is 0. The summed E-state index contributed by atoms with van der Waals surface area (Å²) in [6.07, 6.45) is 1.80. The number of carbonyl (C=O) groups excluding carboxylic acids is 1. The van der Waals surface area contributed by atoms with Crippen molar-refractivity contribution in [3.8, 4) is 17.2 Å². The first kappa shape index (κ1) is 30.1. The molecule has 1 saturated heterocycles. The molecule has 1 heterocycles. The molecule has 0 aliphatic carbocycles. The van der Waals surface area contributed by atoms with Gasteiger partial charge in [0.15, 0.2) is 16.7 Å². The number of thioether (sulfide) groups is 1. The number of para-hydroxylation sites is 2. The van der Waals surface area contributed by atoms with E-state index in [-0.39, 0.29) is 12.5 Å². The Bertz CT molecular complexity index is 1850. The molecule has 1 aliphatic rings. The van der Waals surface area contributed by atoms with Crippen LogP contribution in [0.2, 0.25) is 5.02 Å². The molecule has 6 nitrogen and oxygen atoms in total. The van der Waals surface area contributed by atoms with Crippen molar-refractivity contribution in [3.05, 3.63) is 154 Å². The fourth-order valence-electron chi connectivity index (χ4n) is 4.69. The summed E-state index contributed by atoms with van der Waals surface area (Å²) in [6, 6.07) is 40.1. The highest BCUT2D eigenvalue weighted by atomic mass is 35.5. The van der Waals surface area contributed by atoms with Crippen LogP contribution in [0.4, 0.5) is 11.4 Å². The fourth-order valence-corrected chi connectivity index (χ4v) is 5.86. The van der Waals surface area contributed by atoms with Crippen LogP contribution in [0.1, 0.15) is 16.7 Å². The van der Waals surface area contributed by atoms with Gasteiger partial charge in [-0.2, -0.15) is 0 Å². The molecule has 1 aliphatic heterocycles. The van der Waals surface area contributed by atoms with Crippen molar-refractivity contribution < 1.29 is 19.0 Å². The molecule has 0 bridgehead atoms. The van der Waals surface area contributed by atoms with E-state index < -0.39 is 0 Å². The molecule has 224 valence electrons. The normalized spacial score (nSPS) is 14.6. The van der Waals surface area contributed by atoms with E-state index in [0.29, 0.717) is 44.5 Å². The molecule has 0 aromatic heterocycles. The van der Waals surface area contributed by atoms with Crippen molar-refractivity contribution in [3.63, 3.8) is 0 Å². The van der Waals surface area contributed by atoms with Crippen LogP contribution in [0.15, 0.2) is 137 Å². The van der Waals surface area contributed by atoms with Gasteiger partial charge in [0.2, 0.25) is 0 Å². The number of rotatable bonds is 10. The smallest absolute Gasteiger partial charge is 0.271 e. The van der Waals surface area contributed by atoms with Gasteiger partial charge in [0.05, 0.1) is 23.4 Å². The molecule has 0 N–H and O–H groups in total. The lowest BCUT2D eigenvalue weighted by molar-refractivity contribution is -0.113. The highest BCUT2D eigenvalue weighted by Crippen LogP contribution is 2.39. The van der Waals surface area contributed by atoms with Crippen LogP contribution in [-0.4, -0.2) is 18.2 Å². The topological polar surface area (TPSA) is 60.4 Å². The van der Waals surface area contributed by atoms with Crippen LogP contribution in [0.25, 0.3) is 6.08 Å². The number of amidine groups is 1. The molecule has 45 heavy (non-hydrogen) atoms. The summed E-state index contributed by atoms with van der Waals surface area (Å²) in [6.45, 7) is 0.705. The lowest BCUT2D eigenvalue weighted by atomic mass is 10.1. The number of aliphatic imine (C=N–C) groups is 1. The van der Waals surface area contributed by atoms with Crippen molar-refractivity contribution in [2.75, 3.05) is 12.0 Å². The summed E-state index contributed by atoms with van der Waals surface area (Å²) in [4.78, 5) is 20.7. The highest BCUT2D eigenvalue weighted by Gasteiger charge is 2.35. The third kappa shape index (κ3) is 7.40. The van der Waals surface area contributed by atoms with Crippen LogP contribution in [0, 0.1) is 0 Å². The fraction of sp³-hybridized carbons (Fsp3) is 0.0811. The van der Waals surface area contributed by atoms with E-state index in [0.717, 1.165) is 22.5 Å². The first-order valence-electron chi connectivity index (χ1n) is 14.3. The van der Waals surface area contributed by atoms with Gasteiger partial charge >= 0.3 is 0 Å². The molecule has 0 spiro atoms. The Hall–Kier alpha value is -4.98. The minimum absolute atomic E-state index is 0.178. The number of benzene rings is 5. The van der Waals surface area contributed by atoms with Crippen LogP contribution < -0.4 is 19.1 Å². The van der Waals surface area contributed by atoms with E-state index in [1.807, 2.05) is 109 Å². The molecule has 8 heteroatoms. The molecule has 6 rings (SSSR count). The zero-order chi connectivity index (χ0) is 31.0. The lowest BCUT2D eigenvalue weighted by Crippen LogP contribution is -2.28. The summed E-state index contributed by atoms with van der Waals surface area (Å²) in [5, 5.41) is 1.10. The van der Waals surface area contributed by atoms with Crippen molar-refractivity contribution in [2.45, 2.75) is 13.2 Å². The minimum Gasteiger partial charge on any atom is -0.493 e. The number of carbonyl (C=O) groups is 1. The molecule has 1 amide bonds. The van der Waals surface area contributed by atoms with Gasteiger partial charge in [0.1, 0.15) is 19.0 Å². The molecule has 0 unspecified atom stereocenters. The number of amides is 1. The summed E-state index contributed by atoms with van der Waals surface area (Å²) in [5.74, 6) is 1.67. The summed E-state index contributed by atoms with van der Waals surface area (Å²) < 4.78 is 17.9. The van der Waals surface area contributed by atoms with Gasteiger partial charge in [0, 0.05) is 10.6 Å². The maximum absolute atomic E-state index is 13.8. The Morgan fingerprint density at radius 3 is 2.11 bits per heavy atom. The quantitative estimate of drug-likeness (QED) is 0.144. The number of hydrogen-bond acceptors (Lipinski definition) is 6. The summed E-state index contributed by atoms with van der Waals surface area (Å²) in [7, 11) is 1.61. The molecule has 5 aromatic carbocycles. The van der Waals surface area contributed by atoms with Crippen LogP contribution in [0.3, 0.4) is 0 Å². The first-order chi connectivity index (χ1) is 22.1. The van der Waals surface area contributed by atoms with Gasteiger partial charge in [-0.1, -0.05) is 84.4 Å². The second kappa shape index (κ2) is 14.2. The zero-order valence-corrected chi connectivity index (χ0v) is 26.0. The molecular formula is C37H29ClN2O4S. The predicted octanol–water partition coefficient (Wildman–Crippen LogP) is 9.32. The minimum atomic E-state index is -0.178. The number of ether oxygens (including phenoxy) is 3. The Labute approximate surface area is 271 Å². The van der Waals surface area contributed by atoms with E-state index in [1.165, 1.54) is 11.8 Å². The third-order valence-electron chi connectivity index (χ3n) is 6.92. The van der Waals surface area contributed by atoms with Crippen LogP contribution in [-0.2, 0) is 18.0 Å². The Morgan fingerprint density at radius 2 is 1.38 bits per heavy atom. The van der Waals surface area contributed by atoms with Gasteiger partial charge in [0.25, 0.3) is 5.91 Å². The summed E-state index contributed by atoms with van der Waals surface area (Å²) in [5.41, 5.74) is 4.14. The second-order valence-corrected chi connectivity index (χ2v) is 11.5. The second-order valence-electron chi connectivity index (χ2n) is 10.0. The van der Waals surface area contributed by atoms with Gasteiger partial charge < -0.3 is 14.2 Å². The van der Waals surface area contributed by atoms with Crippen molar-refractivity contribution >= 4 is 51.9 Å². The van der Waals surface area contributed by atoms with Gasteiger partial charge in [-0.25, -0.2) is 4.99 Å². The maximum Gasteiger partial charge on any atom is 0.271 e. The van der Waals surface area contributed by atoms with Crippen molar-refractivity contribution in [1.82, 2.24) is 0 Å². The number of methoxy groups -OCH3 is 1. The molecule has 0 radical (unpaired) electrons. The van der Waals surface area contributed by atoms with Gasteiger partial charge in [-0.3, -0.25) is 9.69 Å². The monoisotopic (exact) mass is 632 g/mol. The first-order valence-corrected chi connectivity index (χ1v) is 15.5. The maximum atomic E-state index is 13.8. The molecule has 5 aromatic rings. The SMILES string of the molecule is COc1cc(COc2ccc(Cl)cc2/C=C2/SC(=Nc3ccccc3)N(c3ccccc3)C2=O)ccc1OCc1ccccc1. The van der Waals surface area contributed by atoms with Gasteiger partial charge in [-0.05, 0) is 83.6 Å². The van der Waals surface area contributed by atoms with Crippen molar-refractivity contribution in [1.29, 1.82) is 0 Å². The Morgan fingerprint density at radius 1 is 0.733 bits per heavy atom. The van der Waals surface area contributed by atoms with E-state index >= 15 is 0 Å². The molecule has 0 saturated carbocycles. The lowest BCUT2D eigenvalue weighted by Gasteiger charge is -2.15. The third-order valence-corrected chi connectivity index (χ3v) is 8.12. The van der Waals surface area contributed by atoms with Crippen molar-refractivity contribution in [2.24, 2.45) is 4.99 Å². The average Bonchev–Trinajstić information content (AvgIpc) is 3.38. The number of nitrogens with zero attached hydrogens (tertiary/aromatic N) is 2. The Kier molecular flexibility index (Phi) is 9.49. The molecule has 0 atom stereocenters. The molecule has 1 fully saturated rings. The molecular weight excluding hydrogens is 604 g/mol. The number of halogens is 1. The summed E-state index contributed by atoms with van der Waals surface area (Å²) >= 11 is 7.71. The van der Waals surface area contributed by atoms with E-state index in [4.69, 9.17) is 30.8 Å². The van der Waals surface area contributed by atoms with E-state index in [2.05, 4.69) is 0 Å². The zero-order valence-electron chi connectivity index (χ0n) is 24.4. The van der Waals surface area contributed by atoms with Crippen LogP contribution in [0.5, 0.6) is 17.2 Å². The van der Waals surface area contributed by atoms with Crippen LogP contribution >= 0.6 is 23.4 Å². The van der Waals surface area contributed by atoms with Gasteiger partial charge in [-0.15, -0.1) is 0 Å². The van der Waals surface area contributed by atoms with E-state index in [9.17, 15) is 4.79 Å². The average molecular weight is 633 g/mol. The standard InChI is InChI=1S/C37H29ClN2O4S/c1-42-34-21-27(17-19-33(34)44-24-26-11-5-2-6-12-26)25-43-32-20-18-29(38)22-28(32)23-35-36(41)40(31-15-9-4-10-16-31)37(45-35)39-30-13-7-3-8-14-30/h2-23H,24-25H2,1H3/b35-23+,39-37?. The number of anilines is 1. The highest BCUT2D eigenvalue weighted by molar-refractivity contribution is 8.19.